The highest BCUT2D eigenvalue weighted by molar-refractivity contribution is 6.31. The highest BCUT2D eigenvalue weighted by Gasteiger charge is 2.22. The average molecular weight is 361 g/mol. The fourth-order valence-corrected chi connectivity index (χ4v) is 3.34. The third-order valence-electron chi connectivity index (χ3n) is 4.45. The summed E-state index contributed by atoms with van der Waals surface area (Å²) < 4.78 is 0. The number of aromatic nitrogens is 2. The van der Waals surface area contributed by atoms with Crippen molar-refractivity contribution in [3.05, 3.63) is 40.5 Å². The molecular formula is C18H21ClN4O2. The predicted octanol–water partition coefficient (Wildman–Crippen LogP) is 2.52. The molecule has 0 saturated carbocycles. The molecule has 1 saturated heterocycles. The molecule has 0 spiro atoms. The Balaban J connectivity index is 1.66. The molecule has 1 amide bonds. The summed E-state index contributed by atoms with van der Waals surface area (Å²) in [5.74, 6) is 0.292. The summed E-state index contributed by atoms with van der Waals surface area (Å²) >= 11 is 5.94. The molecule has 0 unspecified atom stereocenters. The molecule has 7 heteroatoms. The topological polar surface area (TPSA) is 78.4 Å². The van der Waals surface area contributed by atoms with Crippen LogP contribution in [0.15, 0.2) is 24.3 Å². The van der Waals surface area contributed by atoms with E-state index in [-0.39, 0.29) is 17.7 Å². The largest absolute Gasteiger partial charge is 0.507 e. The number of aromatic hydroxyl groups is 1. The number of carbonyl (C=O) groups excluding carboxylic acids is 1. The highest BCUT2D eigenvalue weighted by Crippen LogP contribution is 2.33. The Morgan fingerprint density at radius 1 is 1.36 bits per heavy atom. The lowest BCUT2D eigenvalue weighted by atomic mass is 10.0. The Hall–Kier alpha value is -2.18. The number of likely N-dealkylation sites (N-methyl/N-ethyl adjacent to an activating group) is 1. The van der Waals surface area contributed by atoms with Gasteiger partial charge in [0.2, 0.25) is 5.91 Å². The molecule has 3 rings (SSSR count). The van der Waals surface area contributed by atoms with Crippen molar-refractivity contribution in [2.75, 3.05) is 13.6 Å². The van der Waals surface area contributed by atoms with Crippen LogP contribution in [0, 0.1) is 6.92 Å². The Morgan fingerprint density at radius 3 is 2.80 bits per heavy atom. The maximum Gasteiger partial charge on any atom is 0.222 e. The van der Waals surface area contributed by atoms with E-state index in [1.807, 2.05) is 26.1 Å². The molecule has 1 aliphatic heterocycles. The minimum atomic E-state index is 0.0973. The van der Waals surface area contributed by atoms with Crippen LogP contribution in [0.1, 0.15) is 24.1 Å². The van der Waals surface area contributed by atoms with Gasteiger partial charge in [0.15, 0.2) is 0 Å². The molecule has 2 heterocycles. The van der Waals surface area contributed by atoms with Crippen molar-refractivity contribution in [2.24, 2.45) is 0 Å². The molecule has 0 aliphatic carbocycles. The first-order valence-corrected chi connectivity index (χ1v) is 8.61. The minimum absolute atomic E-state index is 0.0973. The number of carbonyl (C=O) groups is 1. The summed E-state index contributed by atoms with van der Waals surface area (Å²) in [6.07, 6.45) is 1.42. The van der Waals surface area contributed by atoms with Crippen LogP contribution in [0.25, 0.3) is 11.3 Å². The first-order valence-electron chi connectivity index (χ1n) is 8.23. The summed E-state index contributed by atoms with van der Waals surface area (Å²) in [5, 5.41) is 22.5. The number of piperidine rings is 1. The number of likely N-dealkylation sites (tertiary alicyclic amines) is 1. The maximum atomic E-state index is 11.5. The van der Waals surface area contributed by atoms with E-state index in [2.05, 4.69) is 15.5 Å². The zero-order valence-corrected chi connectivity index (χ0v) is 15.0. The van der Waals surface area contributed by atoms with Gasteiger partial charge in [0.1, 0.15) is 5.75 Å². The molecule has 1 atom stereocenters. The van der Waals surface area contributed by atoms with Gasteiger partial charge < -0.3 is 15.3 Å². The van der Waals surface area contributed by atoms with Crippen LogP contribution in [0.2, 0.25) is 5.02 Å². The van der Waals surface area contributed by atoms with Gasteiger partial charge in [-0.15, -0.1) is 0 Å². The van der Waals surface area contributed by atoms with Crippen molar-refractivity contribution in [2.45, 2.75) is 32.4 Å². The van der Waals surface area contributed by atoms with Crippen molar-refractivity contribution in [1.82, 2.24) is 20.4 Å². The molecule has 0 bridgehead atoms. The molecule has 1 fully saturated rings. The minimum Gasteiger partial charge on any atom is -0.507 e. The number of hydrogen-bond acceptors (Lipinski definition) is 5. The quantitative estimate of drug-likeness (QED) is 0.876. The fraction of sp³-hybridized carbons (Fsp3) is 0.389. The third kappa shape index (κ3) is 4.08. The van der Waals surface area contributed by atoms with Crippen LogP contribution in [-0.4, -0.2) is 45.7 Å². The average Bonchev–Trinajstić information content (AvgIpc) is 2.56. The Kier molecular flexibility index (Phi) is 5.20. The molecule has 25 heavy (non-hydrogen) atoms. The van der Waals surface area contributed by atoms with Crippen LogP contribution in [-0.2, 0) is 11.3 Å². The summed E-state index contributed by atoms with van der Waals surface area (Å²) in [4.78, 5) is 13.3. The van der Waals surface area contributed by atoms with Crippen molar-refractivity contribution < 1.29 is 9.90 Å². The van der Waals surface area contributed by atoms with Crippen molar-refractivity contribution in [3.8, 4) is 17.0 Å². The van der Waals surface area contributed by atoms with Crippen LogP contribution >= 0.6 is 11.6 Å². The van der Waals surface area contributed by atoms with Gasteiger partial charge in [0, 0.05) is 43.2 Å². The lowest BCUT2D eigenvalue weighted by Crippen LogP contribution is -2.46. The summed E-state index contributed by atoms with van der Waals surface area (Å²) in [7, 11) is 1.83. The SMILES string of the molecule is Cc1cc(Cl)cc(O)c1-c1ccc(CN[C@@H]2CCC(=O)N(C)C2)nn1. The van der Waals surface area contributed by atoms with E-state index in [0.29, 0.717) is 35.8 Å². The molecule has 1 aromatic heterocycles. The lowest BCUT2D eigenvalue weighted by Gasteiger charge is -2.30. The zero-order valence-electron chi connectivity index (χ0n) is 14.3. The number of halogens is 1. The van der Waals surface area contributed by atoms with Crippen LogP contribution in [0.4, 0.5) is 0 Å². The van der Waals surface area contributed by atoms with Crippen LogP contribution in [0.3, 0.4) is 0 Å². The van der Waals surface area contributed by atoms with E-state index in [9.17, 15) is 9.90 Å². The van der Waals surface area contributed by atoms with E-state index >= 15 is 0 Å². The first kappa shape index (κ1) is 17.6. The number of benzene rings is 1. The van der Waals surface area contributed by atoms with E-state index in [1.54, 1.807) is 11.0 Å². The van der Waals surface area contributed by atoms with Crippen molar-refractivity contribution in [3.63, 3.8) is 0 Å². The smallest absolute Gasteiger partial charge is 0.222 e. The monoisotopic (exact) mass is 360 g/mol. The normalized spacial score (nSPS) is 17.8. The number of rotatable bonds is 4. The molecule has 6 nitrogen and oxygen atoms in total. The van der Waals surface area contributed by atoms with Crippen molar-refractivity contribution >= 4 is 17.5 Å². The van der Waals surface area contributed by atoms with Gasteiger partial charge in [-0.1, -0.05) is 11.6 Å². The second-order valence-electron chi connectivity index (χ2n) is 6.42. The van der Waals surface area contributed by atoms with E-state index in [1.165, 1.54) is 6.07 Å². The summed E-state index contributed by atoms with van der Waals surface area (Å²) in [5.41, 5.74) is 2.91. The van der Waals surface area contributed by atoms with Crippen LogP contribution in [0.5, 0.6) is 5.75 Å². The predicted molar refractivity (Wildman–Crippen MR) is 96.4 cm³/mol. The molecule has 132 valence electrons. The maximum absolute atomic E-state index is 11.5. The summed E-state index contributed by atoms with van der Waals surface area (Å²) in [6, 6.07) is 7.29. The van der Waals surface area contributed by atoms with E-state index in [0.717, 1.165) is 17.7 Å². The second kappa shape index (κ2) is 7.37. The van der Waals surface area contributed by atoms with Crippen LogP contribution < -0.4 is 5.32 Å². The number of nitrogens with one attached hydrogen (secondary N) is 1. The van der Waals surface area contributed by atoms with Crippen molar-refractivity contribution in [1.29, 1.82) is 0 Å². The first-order chi connectivity index (χ1) is 11.9. The number of phenolic OH excluding ortho intramolecular Hbond substituents is 1. The zero-order chi connectivity index (χ0) is 18.0. The Labute approximate surface area is 151 Å². The number of nitrogens with zero attached hydrogens (tertiary/aromatic N) is 3. The number of hydrogen-bond donors (Lipinski definition) is 2. The molecule has 1 aromatic carbocycles. The Morgan fingerprint density at radius 2 is 2.16 bits per heavy atom. The van der Waals surface area contributed by atoms with E-state index < -0.39 is 0 Å². The van der Waals surface area contributed by atoms with Gasteiger partial charge in [-0.3, -0.25) is 4.79 Å². The number of aryl methyl sites for hydroxylation is 1. The Bertz CT molecular complexity index is 756. The van der Waals surface area contributed by atoms with Gasteiger partial charge >= 0.3 is 0 Å². The second-order valence-corrected chi connectivity index (χ2v) is 6.85. The number of phenols is 1. The number of amides is 1. The van der Waals surface area contributed by atoms with Gasteiger partial charge in [-0.25, -0.2) is 0 Å². The lowest BCUT2D eigenvalue weighted by molar-refractivity contribution is -0.132. The summed E-state index contributed by atoms with van der Waals surface area (Å²) in [6.45, 7) is 3.17. The van der Waals surface area contributed by atoms with E-state index in [4.69, 9.17) is 11.6 Å². The third-order valence-corrected chi connectivity index (χ3v) is 4.67. The highest BCUT2D eigenvalue weighted by atomic mass is 35.5. The molecular weight excluding hydrogens is 340 g/mol. The molecule has 2 aromatic rings. The molecule has 2 N–H and O–H groups in total. The van der Waals surface area contributed by atoms with Gasteiger partial charge in [-0.05, 0) is 43.2 Å². The van der Waals surface area contributed by atoms with Gasteiger partial charge in [0.25, 0.3) is 0 Å². The fourth-order valence-electron chi connectivity index (χ4n) is 3.07. The standard InChI is InChI=1S/C18H21ClN4O2/c1-11-7-12(19)8-16(24)18(11)15-5-3-13(21-22-15)9-20-14-4-6-17(25)23(2)10-14/h3,5,7-8,14,20,24H,4,6,9-10H2,1-2H3/t14-/m1/s1. The molecule has 1 aliphatic rings. The van der Waals surface area contributed by atoms with Gasteiger partial charge in [0.05, 0.1) is 11.4 Å². The van der Waals surface area contributed by atoms with Gasteiger partial charge in [-0.2, -0.15) is 10.2 Å². The molecule has 0 radical (unpaired) electrons.